The highest BCUT2D eigenvalue weighted by Crippen LogP contribution is 2.34. The molecule has 2 aromatic heterocycles. The minimum absolute atomic E-state index is 0.379. The quantitative estimate of drug-likeness (QED) is 0.426. The van der Waals surface area contributed by atoms with Crippen LogP contribution in [0.2, 0.25) is 0 Å². The van der Waals surface area contributed by atoms with E-state index in [1.54, 1.807) is 32.3 Å². The summed E-state index contributed by atoms with van der Waals surface area (Å²) in [6.45, 7) is 2.95. The van der Waals surface area contributed by atoms with Gasteiger partial charge in [0.2, 0.25) is 0 Å². The summed E-state index contributed by atoms with van der Waals surface area (Å²) in [5, 5.41) is 2.29. The number of nitrogens with two attached hydrogens (primary N) is 2. The van der Waals surface area contributed by atoms with Crippen molar-refractivity contribution in [2.45, 2.75) is 32.2 Å². The highest BCUT2D eigenvalue weighted by atomic mass is 19.3. The predicted octanol–water partition coefficient (Wildman–Crippen LogP) is 3.16. The van der Waals surface area contributed by atoms with Crippen LogP contribution in [0.15, 0.2) is 36.2 Å². The van der Waals surface area contributed by atoms with Crippen molar-refractivity contribution in [1.29, 1.82) is 0 Å². The van der Waals surface area contributed by atoms with E-state index >= 15 is 0 Å². The Morgan fingerprint density at radius 1 is 1.20 bits per heavy atom. The van der Waals surface area contributed by atoms with Crippen molar-refractivity contribution in [2.24, 2.45) is 17.5 Å². The van der Waals surface area contributed by atoms with Gasteiger partial charge in [0.15, 0.2) is 0 Å². The van der Waals surface area contributed by atoms with Crippen molar-refractivity contribution >= 4 is 33.5 Å². The zero-order chi connectivity index (χ0) is 24.9. The molecule has 2 saturated heterocycles. The SMILES string of the molecule is C/C(N)=C(\c1cnc2c3cc(C(=O)N4CC(F)(F)C4)ccc3n(CC3CCOCC3)c2c1)N(C)N. The van der Waals surface area contributed by atoms with Gasteiger partial charge < -0.3 is 24.9 Å². The number of likely N-dealkylation sites (tertiary alicyclic amines) is 1. The third kappa shape index (κ3) is 4.32. The number of aromatic nitrogens is 2. The molecule has 0 unspecified atom stereocenters. The van der Waals surface area contributed by atoms with Crippen LogP contribution in [0.25, 0.3) is 27.6 Å². The zero-order valence-electron chi connectivity index (χ0n) is 19.9. The second kappa shape index (κ2) is 8.76. The van der Waals surface area contributed by atoms with E-state index < -0.39 is 24.9 Å². The lowest BCUT2D eigenvalue weighted by Crippen LogP contribution is -2.58. The van der Waals surface area contributed by atoms with Crippen LogP contribution >= 0.6 is 0 Å². The highest BCUT2D eigenvalue weighted by Gasteiger charge is 2.46. The monoisotopic (exact) mass is 484 g/mol. The van der Waals surface area contributed by atoms with E-state index in [2.05, 4.69) is 4.57 Å². The van der Waals surface area contributed by atoms with Crippen molar-refractivity contribution in [1.82, 2.24) is 19.5 Å². The number of carbonyl (C=O) groups excluding carboxylic acids is 1. The second-order valence-electron chi connectivity index (χ2n) is 9.65. The Labute approximate surface area is 202 Å². The number of benzene rings is 1. The van der Waals surface area contributed by atoms with Gasteiger partial charge in [-0.05, 0) is 49.9 Å². The molecule has 0 saturated carbocycles. The maximum absolute atomic E-state index is 13.3. The van der Waals surface area contributed by atoms with E-state index in [0.29, 0.717) is 22.9 Å². The number of nitrogens with zero attached hydrogens (tertiary/aromatic N) is 4. The number of hydrogen-bond donors (Lipinski definition) is 2. The van der Waals surface area contributed by atoms with Gasteiger partial charge in [-0.25, -0.2) is 14.6 Å². The first-order valence-corrected chi connectivity index (χ1v) is 11.8. The molecule has 186 valence electrons. The van der Waals surface area contributed by atoms with Gasteiger partial charge in [-0.3, -0.25) is 9.78 Å². The minimum Gasteiger partial charge on any atom is -0.401 e. The molecule has 10 heteroatoms. The molecular weight excluding hydrogens is 454 g/mol. The summed E-state index contributed by atoms with van der Waals surface area (Å²) in [6.07, 6.45) is 3.65. The van der Waals surface area contributed by atoms with E-state index in [-0.39, 0.29) is 0 Å². The van der Waals surface area contributed by atoms with Crippen LogP contribution < -0.4 is 11.6 Å². The van der Waals surface area contributed by atoms with Crippen LogP contribution in [0.1, 0.15) is 35.7 Å². The molecule has 5 rings (SSSR count). The van der Waals surface area contributed by atoms with Crippen LogP contribution in [0, 0.1) is 5.92 Å². The number of ether oxygens (including phenoxy) is 1. The van der Waals surface area contributed by atoms with Crippen molar-refractivity contribution in [3.8, 4) is 0 Å². The molecule has 0 aliphatic carbocycles. The molecule has 8 nitrogen and oxygen atoms in total. The zero-order valence-corrected chi connectivity index (χ0v) is 19.9. The summed E-state index contributed by atoms with van der Waals surface area (Å²) in [4.78, 5) is 18.7. The number of carbonyl (C=O) groups is 1. The molecular formula is C25H30F2N6O2. The number of hydrazine groups is 1. The van der Waals surface area contributed by atoms with E-state index in [4.69, 9.17) is 21.3 Å². The van der Waals surface area contributed by atoms with Crippen LogP contribution in [-0.2, 0) is 11.3 Å². The maximum atomic E-state index is 13.3. The molecule has 2 aliphatic rings. The first-order chi connectivity index (χ1) is 16.6. The van der Waals surface area contributed by atoms with E-state index in [1.807, 2.05) is 12.1 Å². The standard InChI is InChI=1S/C25H30F2N6O2/c1-15(28)23(31(2)29)18-10-21-22(30-11-18)19-9-17(24(34)32-13-25(26,27)14-32)3-4-20(19)33(21)12-16-5-7-35-8-6-16/h3-4,9-11,16H,5-8,12-14,28-29H2,1-2H3/b23-15-. The first-order valence-electron chi connectivity index (χ1n) is 11.8. The molecule has 1 amide bonds. The Kier molecular flexibility index (Phi) is 5.88. The number of alkyl halides is 2. The van der Waals surface area contributed by atoms with Gasteiger partial charge in [0.25, 0.3) is 11.8 Å². The van der Waals surface area contributed by atoms with Gasteiger partial charge in [0.05, 0.1) is 35.3 Å². The second-order valence-corrected chi connectivity index (χ2v) is 9.65. The van der Waals surface area contributed by atoms with Crippen molar-refractivity contribution in [3.05, 3.63) is 47.3 Å². The molecule has 4 heterocycles. The van der Waals surface area contributed by atoms with E-state index in [0.717, 1.165) is 60.1 Å². The minimum atomic E-state index is -2.81. The summed E-state index contributed by atoms with van der Waals surface area (Å²) < 4.78 is 34.4. The number of hydrogen-bond acceptors (Lipinski definition) is 6. The number of fused-ring (bicyclic) bond motifs is 3. The molecule has 0 spiro atoms. The van der Waals surface area contributed by atoms with Crippen molar-refractivity contribution in [2.75, 3.05) is 33.4 Å². The van der Waals surface area contributed by atoms with Gasteiger partial charge in [-0.2, -0.15) is 0 Å². The van der Waals surface area contributed by atoms with Crippen LogP contribution in [0.4, 0.5) is 8.78 Å². The lowest BCUT2D eigenvalue weighted by Gasteiger charge is -2.38. The molecule has 0 radical (unpaired) electrons. The normalized spacial score (nSPS) is 19.1. The summed E-state index contributed by atoms with van der Waals surface area (Å²) in [5.41, 5.74) is 11.1. The summed E-state index contributed by atoms with van der Waals surface area (Å²) in [6, 6.07) is 7.39. The predicted molar refractivity (Wildman–Crippen MR) is 130 cm³/mol. The van der Waals surface area contributed by atoms with E-state index in [9.17, 15) is 13.6 Å². The smallest absolute Gasteiger partial charge is 0.282 e. The highest BCUT2D eigenvalue weighted by molar-refractivity contribution is 6.09. The lowest BCUT2D eigenvalue weighted by molar-refractivity contribution is -0.113. The third-order valence-electron chi connectivity index (χ3n) is 6.86. The number of amides is 1. The Hall–Kier alpha value is -3.24. The maximum Gasteiger partial charge on any atom is 0.282 e. The van der Waals surface area contributed by atoms with Crippen molar-refractivity contribution < 1.29 is 18.3 Å². The first kappa shape index (κ1) is 23.5. The molecule has 0 bridgehead atoms. The van der Waals surface area contributed by atoms with Crippen molar-refractivity contribution in [3.63, 3.8) is 0 Å². The van der Waals surface area contributed by atoms with Gasteiger partial charge in [0, 0.05) is 55.2 Å². The fraction of sp³-hybridized carbons (Fsp3) is 0.440. The summed E-state index contributed by atoms with van der Waals surface area (Å²) >= 11 is 0. The van der Waals surface area contributed by atoms with Gasteiger partial charge >= 0.3 is 0 Å². The number of allylic oxidation sites excluding steroid dienone is 1. The average Bonchev–Trinajstić information content (AvgIpc) is 3.09. The van der Waals surface area contributed by atoms with Crippen LogP contribution in [-0.4, -0.2) is 64.6 Å². The Morgan fingerprint density at radius 3 is 2.54 bits per heavy atom. The fourth-order valence-electron chi connectivity index (χ4n) is 5.15. The Balaban J connectivity index is 1.63. The van der Waals surface area contributed by atoms with Crippen LogP contribution in [0.5, 0.6) is 0 Å². The summed E-state index contributed by atoms with van der Waals surface area (Å²) in [5.74, 6) is 3.29. The Morgan fingerprint density at radius 2 is 1.91 bits per heavy atom. The molecule has 2 fully saturated rings. The molecule has 3 aromatic rings. The average molecular weight is 485 g/mol. The number of pyridine rings is 1. The van der Waals surface area contributed by atoms with Crippen LogP contribution in [0.3, 0.4) is 0 Å². The summed E-state index contributed by atoms with van der Waals surface area (Å²) in [7, 11) is 1.73. The van der Waals surface area contributed by atoms with Gasteiger partial charge in [-0.1, -0.05) is 0 Å². The molecule has 1 aromatic carbocycles. The Bertz CT molecular complexity index is 1310. The van der Waals surface area contributed by atoms with Gasteiger partial charge in [0.1, 0.15) is 0 Å². The molecule has 0 atom stereocenters. The molecule has 4 N–H and O–H groups in total. The largest absolute Gasteiger partial charge is 0.401 e. The lowest BCUT2D eigenvalue weighted by atomic mass is 10.00. The molecule has 35 heavy (non-hydrogen) atoms. The third-order valence-corrected chi connectivity index (χ3v) is 6.86. The van der Waals surface area contributed by atoms with E-state index in [1.165, 1.54) is 9.91 Å². The fourth-order valence-corrected chi connectivity index (χ4v) is 5.15. The number of halogens is 2. The van der Waals surface area contributed by atoms with Gasteiger partial charge in [-0.15, -0.1) is 0 Å². The number of rotatable bonds is 5. The molecule has 2 aliphatic heterocycles. The topological polar surface area (TPSA) is 103 Å².